The van der Waals surface area contributed by atoms with Crippen molar-refractivity contribution in [1.82, 2.24) is 15.1 Å². The number of carboxylic acid groups (broad SMARTS) is 1. The van der Waals surface area contributed by atoms with Crippen molar-refractivity contribution in [2.45, 2.75) is 26.3 Å². The molecule has 0 aliphatic rings. The van der Waals surface area contributed by atoms with Crippen molar-refractivity contribution < 1.29 is 14.7 Å². The summed E-state index contributed by atoms with van der Waals surface area (Å²) >= 11 is 0. The molecular formula is C13H22N4O3. The summed E-state index contributed by atoms with van der Waals surface area (Å²) in [5.41, 5.74) is 6.03. The largest absolute Gasteiger partial charge is 0.479 e. The van der Waals surface area contributed by atoms with E-state index in [9.17, 15) is 14.7 Å². The second-order valence-electron chi connectivity index (χ2n) is 5.29. The van der Waals surface area contributed by atoms with Crippen molar-refractivity contribution in [3.63, 3.8) is 0 Å². The Bertz CT molecular complexity index is 470. The number of nitrogens with one attached hydrogen (secondary N) is 1. The third-order valence-electron chi connectivity index (χ3n) is 3.00. The lowest BCUT2D eigenvalue weighted by atomic mass is 9.96. The lowest BCUT2D eigenvalue weighted by molar-refractivity contribution is -0.142. The fourth-order valence-corrected chi connectivity index (χ4v) is 2.02. The number of hydrogen-bond donors (Lipinski definition) is 3. The molecule has 0 aromatic carbocycles. The van der Waals surface area contributed by atoms with Crippen LogP contribution in [0.25, 0.3) is 0 Å². The summed E-state index contributed by atoms with van der Waals surface area (Å²) in [6.07, 6.45) is 3.62. The van der Waals surface area contributed by atoms with Crippen molar-refractivity contribution in [2.75, 3.05) is 6.54 Å². The van der Waals surface area contributed by atoms with E-state index in [2.05, 4.69) is 10.4 Å². The Morgan fingerprint density at radius 1 is 1.50 bits per heavy atom. The van der Waals surface area contributed by atoms with Gasteiger partial charge in [-0.15, -0.1) is 0 Å². The van der Waals surface area contributed by atoms with Gasteiger partial charge in [0.2, 0.25) is 5.91 Å². The number of nitrogens with zero attached hydrogens (tertiary/aromatic N) is 2. The number of carbonyl (C=O) groups excluding carboxylic acids is 1. The number of aliphatic carboxylic acids is 1. The van der Waals surface area contributed by atoms with Crippen LogP contribution in [-0.2, 0) is 16.6 Å². The molecule has 7 heteroatoms. The molecule has 0 radical (unpaired) electrons. The van der Waals surface area contributed by atoms with Gasteiger partial charge in [0.1, 0.15) is 0 Å². The van der Waals surface area contributed by atoms with Crippen LogP contribution >= 0.6 is 0 Å². The summed E-state index contributed by atoms with van der Waals surface area (Å²) in [5, 5.41) is 15.7. The molecule has 2 atom stereocenters. The minimum absolute atomic E-state index is 0.198. The van der Waals surface area contributed by atoms with E-state index in [1.54, 1.807) is 13.2 Å². The fraction of sp³-hybridized carbons (Fsp3) is 0.615. The third kappa shape index (κ3) is 4.34. The first-order chi connectivity index (χ1) is 9.35. The lowest BCUT2D eigenvalue weighted by Crippen LogP contribution is -2.40. The van der Waals surface area contributed by atoms with Gasteiger partial charge >= 0.3 is 5.97 Å². The van der Waals surface area contributed by atoms with Crippen LogP contribution in [0, 0.1) is 11.8 Å². The maximum atomic E-state index is 12.1. The number of hydrogen-bond acceptors (Lipinski definition) is 4. The molecule has 0 bridgehead atoms. The van der Waals surface area contributed by atoms with Crippen LogP contribution in [0.5, 0.6) is 0 Å². The number of nitrogens with two attached hydrogens (primary N) is 1. The van der Waals surface area contributed by atoms with E-state index >= 15 is 0 Å². The number of aromatic nitrogens is 2. The van der Waals surface area contributed by atoms with Gasteiger partial charge in [-0.3, -0.25) is 9.48 Å². The summed E-state index contributed by atoms with van der Waals surface area (Å²) in [7, 11) is 1.69. The van der Waals surface area contributed by atoms with Gasteiger partial charge in [0.25, 0.3) is 0 Å². The highest BCUT2D eigenvalue weighted by atomic mass is 16.4. The summed E-state index contributed by atoms with van der Waals surface area (Å²) in [4.78, 5) is 23.4. The molecule has 0 aliphatic carbocycles. The zero-order chi connectivity index (χ0) is 15.3. The topological polar surface area (TPSA) is 110 Å². The van der Waals surface area contributed by atoms with E-state index in [-0.39, 0.29) is 18.4 Å². The molecule has 0 spiro atoms. The van der Waals surface area contributed by atoms with Gasteiger partial charge in [-0.2, -0.15) is 5.10 Å². The standard InChI is InChI=1S/C13H22N4O3/c1-8(2)4-9(5-14)12(18)16-11(13(19)20)10-6-15-17(3)7-10/h6-9,11H,4-5,14H2,1-3H3,(H,16,18)(H,19,20). The first-order valence-electron chi connectivity index (χ1n) is 6.57. The summed E-state index contributed by atoms with van der Waals surface area (Å²) in [6.45, 7) is 4.18. The van der Waals surface area contributed by atoms with Crippen molar-refractivity contribution >= 4 is 11.9 Å². The third-order valence-corrected chi connectivity index (χ3v) is 3.00. The summed E-state index contributed by atoms with van der Waals surface area (Å²) < 4.78 is 1.49. The number of carboxylic acids is 1. The van der Waals surface area contributed by atoms with E-state index in [0.29, 0.717) is 17.9 Å². The van der Waals surface area contributed by atoms with Crippen molar-refractivity contribution in [3.05, 3.63) is 18.0 Å². The minimum atomic E-state index is -1.12. The predicted molar refractivity (Wildman–Crippen MR) is 73.7 cm³/mol. The molecule has 1 aromatic heterocycles. The normalized spacial score (nSPS) is 14.1. The molecule has 4 N–H and O–H groups in total. The zero-order valence-electron chi connectivity index (χ0n) is 12.0. The Labute approximate surface area is 118 Å². The quantitative estimate of drug-likeness (QED) is 0.665. The van der Waals surface area contributed by atoms with Crippen LogP contribution in [0.15, 0.2) is 12.4 Å². The molecule has 20 heavy (non-hydrogen) atoms. The van der Waals surface area contributed by atoms with Gasteiger partial charge in [0, 0.05) is 25.4 Å². The van der Waals surface area contributed by atoms with Gasteiger partial charge in [-0.1, -0.05) is 13.8 Å². The average molecular weight is 282 g/mol. The molecule has 112 valence electrons. The highest BCUT2D eigenvalue weighted by Crippen LogP contribution is 2.16. The molecular weight excluding hydrogens is 260 g/mol. The predicted octanol–water partition coefficient (Wildman–Crippen LogP) is 0.283. The monoisotopic (exact) mass is 282 g/mol. The molecule has 1 heterocycles. The highest BCUT2D eigenvalue weighted by molar-refractivity contribution is 5.85. The maximum absolute atomic E-state index is 12.1. The average Bonchev–Trinajstić information content (AvgIpc) is 2.78. The second kappa shape index (κ2) is 7.04. The Hall–Kier alpha value is -1.89. The lowest BCUT2D eigenvalue weighted by Gasteiger charge is -2.20. The van der Waals surface area contributed by atoms with Gasteiger partial charge < -0.3 is 16.2 Å². The number of carbonyl (C=O) groups is 2. The van der Waals surface area contributed by atoms with Crippen molar-refractivity contribution in [3.8, 4) is 0 Å². The molecule has 0 saturated carbocycles. The summed E-state index contributed by atoms with van der Waals surface area (Å²) in [6, 6.07) is -1.10. The van der Waals surface area contributed by atoms with E-state index in [0.717, 1.165) is 0 Å². The van der Waals surface area contributed by atoms with E-state index in [4.69, 9.17) is 5.73 Å². The smallest absolute Gasteiger partial charge is 0.331 e. The van der Waals surface area contributed by atoms with Crippen LogP contribution in [0.1, 0.15) is 31.9 Å². The fourth-order valence-electron chi connectivity index (χ4n) is 2.02. The second-order valence-corrected chi connectivity index (χ2v) is 5.29. The van der Waals surface area contributed by atoms with Gasteiger partial charge in [-0.05, 0) is 12.3 Å². The van der Waals surface area contributed by atoms with E-state index < -0.39 is 12.0 Å². The molecule has 7 nitrogen and oxygen atoms in total. The first kappa shape index (κ1) is 16.2. The minimum Gasteiger partial charge on any atom is -0.479 e. The van der Waals surface area contributed by atoms with E-state index in [1.165, 1.54) is 10.9 Å². The molecule has 0 saturated heterocycles. The number of rotatable bonds is 7. The maximum Gasteiger partial charge on any atom is 0.331 e. The van der Waals surface area contributed by atoms with Crippen LogP contribution < -0.4 is 11.1 Å². The molecule has 1 aromatic rings. The Morgan fingerprint density at radius 3 is 2.55 bits per heavy atom. The Kier molecular flexibility index (Phi) is 5.69. The van der Waals surface area contributed by atoms with Gasteiger partial charge in [0.05, 0.1) is 12.1 Å². The van der Waals surface area contributed by atoms with Crippen LogP contribution in [0.3, 0.4) is 0 Å². The molecule has 1 rings (SSSR count). The Morgan fingerprint density at radius 2 is 2.15 bits per heavy atom. The molecule has 0 fully saturated rings. The molecule has 0 aliphatic heterocycles. The highest BCUT2D eigenvalue weighted by Gasteiger charge is 2.27. The molecule has 2 unspecified atom stereocenters. The van der Waals surface area contributed by atoms with Crippen LogP contribution in [0.2, 0.25) is 0 Å². The SMILES string of the molecule is CC(C)CC(CN)C(=O)NC(C(=O)O)c1cnn(C)c1. The molecule has 1 amide bonds. The van der Waals surface area contributed by atoms with E-state index in [1.807, 2.05) is 13.8 Å². The van der Waals surface area contributed by atoms with Crippen molar-refractivity contribution in [2.24, 2.45) is 24.6 Å². The number of aryl methyl sites for hydroxylation is 1. The van der Waals surface area contributed by atoms with Crippen LogP contribution in [0.4, 0.5) is 0 Å². The zero-order valence-corrected chi connectivity index (χ0v) is 12.0. The number of amides is 1. The summed E-state index contributed by atoms with van der Waals surface area (Å²) in [5.74, 6) is -1.52. The Balaban J connectivity index is 2.80. The van der Waals surface area contributed by atoms with Gasteiger partial charge in [-0.25, -0.2) is 4.79 Å². The van der Waals surface area contributed by atoms with Crippen molar-refractivity contribution in [1.29, 1.82) is 0 Å². The van der Waals surface area contributed by atoms with Gasteiger partial charge in [0.15, 0.2) is 6.04 Å². The van der Waals surface area contributed by atoms with Crippen LogP contribution in [-0.4, -0.2) is 33.3 Å². The first-order valence-corrected chi connectivity index (χ1v) is 6.57.